The Hall–Kier alpha value is -3.55. The molecule has 2 N–H and O–H groups in total. The molecule has 0 aliphatic heterocycles. The van der Waals surface area contributed by atoms with Crippen molar-refractivity contribution in [3.8, 4) is 11.5 Å². The summed E-state index contributed by atoms with van der Waals surface area (Å²) in [5, 5.41) is 7.77. The van der Waals surface area contributed by atoms with Crippen molar-refractivity contribution in [2.75, 3.05) is 7.11 Å². The predicted octanol–water partition coefficient (Wildman–Crippen LogP) is 5.49. The lowest BCUT2D eigenvalue weighted by Crippen LogP contribution is -2.48. The standard InChI is InChI=1S/C27H27Cl2N3O4/c1-17(2)25(31-26(33)19-9-11-21(35-3)12-10-19)27(34)32-30-15-20-6-4-5-7-24(20)36-16-18-8-13-22(28)23(29)14-18/h4-15,17,25H,16H2,1-3H3,(H,31,33)(H,32,34)/b30-15+. The number of carbonyl (C=O) groups excluding carboxylic acids is 2. The molecule has 0 aliphatic carbocycles. The Kier molecular flexibility index (Phi) is 9.73. The van der Waals surface area contributed by atoms with Gasteiger partial charge in [-0.1, -0.05) is 55.2 Å². The lowest BCUT2D eigenvalue weighted by atomic mass is 10.0. The maximum atomic E-state index is 12.8. The van der Waals surface area contributed by atoms with Gasteiger partial charge in [-0.25, -0.2) is 5.43 Å². The maximum absolute atomic E-state index is 12.8. The van der Waals surface area contributed by atoms with Crippen LogP contribution in [0.2, 0.25) is 10.0 Å². The molecule has 0 spiro atoms. The molecular formula is C27H27Cl2N3O4. The quantitative estimate of drug-likeness (QED) is 0.269. The monoisotopic (exact) mass is 527 g/mol. The smallest absolute Gasteiger partial charge is 0.262 e. The number of ether oxygens (including phenoxy) is 2. The number of nitrogens with zero attached hydrogens (tertiary/aromatic N) is 1. The molecule has 0 radical (unpaired) electrons. The van der Waals surface area contributed by atoms with Crippen molar-refractivity contribution >= 4 is 41.2 Å². The molecule has 3 rings (SSSR count). The average Bonchev–Trinajstić information content (AvgIpc) is 2.88. The maximum Gasteiger partial charge on any atom is 0.262 e. The van der Waals surface area contributed by atoms with Gasteiger partial charge in [0.15, 0.2) is 0 Å². The van der Waals surface area contributed by atoms with E-state index in [1.54, 1.807) is 49.6 Å². The van der Waals surface area contributed by atoms with Gasteiger partial charge in [0, 0.05) is 11.1 Å². The van der Waals surface area contributed by atoms with E-state index in [2.05, 4.69) is 15.8 Å². The van der Waals surface area contributed by atoms with Crippen LogP contribution in [0.1, 0.15) is 35.3 Å². The summed E-state index contributed by atoms with van der Waals surface area (Å²) in [6, 6.07) is 18.4. The predicted molar refractivity (Wildman–Crippen MR) is 142 cm³/mol. The van der Waals surface area contributed by atoms with Crippen LogP contribution in [0.25, 0.3) is 0 Å². The largest absolute Gasteiger partial charge is 0.497 e. The Morgan fingerprint density at radius 2 is 1.72 bits per heavy atom. The third-order valence-corrected chi connectivity index (χ3v) is 6.00. The van der Waals surface area contributed by atoms with Crippen molar-refractivity contribution in [3.05, 3.63) is 93.5 Å². The highest BCUT2D eigenvalue weighted by atomic mass is 35.5. The molecule has 1 unspecified atom stereocenters. The van der Waals surface area contributed by atoms with Gasteiger partial charge in [0.25, 0.3) is 11.8 Å². The molecule has 0 bridgehead atoms. The first-order chi connectivity index (χ1) is 17.3. The summed E-state index contributed by atoms with van der Waals surface area (Å²) in [7, 11) is 1.55. The Labute approximate surface area is 220 Å². The Morgan fingerprint density at radius 3 is 2.39 bits per heavy atom. The zero-order valence-corrected chi connectivity index (χ0v) is 21.6. The van der Waals surface area contributed by atoms with Crippen molar-refractivity contribution in [3.63, 3.8) is 0 Å². The number of amides is 2. The van der Waals surface area contributed by atoms with Crippen LogP contribution in [0.15, 0.2) is 71.8 Å². The van der Waals surface area contributed by atoms with E-state index < -0.39 is 11.9 Å². The molecule has 0 saturated carbocycles. The number of para-hydroxylation sites is 1. The van der Waals surface area contributed by atoms with Crippen LogP contribution in [-0.2, 0) is 11.4 Å². The van der Waals surface area contributed by atoms with Gasteiger partial charge in [-0.15, -0.1) is 0 Å². The molecule has 3 aromatic carbocycles. The molecule has 3 aromatic rings. The molecule has 9 heteroatoms. The molecule has 0 saturated heterocycles. The lowest BCUT2D eigenvalue weighted by molar-refractivity contribution is -0.123. The van der Waals surface area contributed by atoms with Gasteiger partial charge in [0.1, 0.15) is 24.1 Å². The highest BCUT2D eigenvalue weighted by Crippen LogP contribution is 2.24. The lowest BCUT2D eigenvalue weighted by Gasteiger charge is -2.20. The summed E-state index contributed by atoms with van der Waals surface area (Å²) in [6.45, 7) is 3.96. The number of nitrogens with one attached hydrogen (secondary N) is 2. The molecule has 36 heavy (non-hydrogen) atoms. The summed E-state index contributed by atoms with van der Waals surface area (Å²) in [6.07, 6.45) is 1.49. The van der Waals surface area contributed by atoms with E-state index in [-0.39, 0.29) is 18.4 Å². The molecule has 0 fully saturated rings. The number of hydrogen-bond acceptors (Lipinski definition) is 5. The molecule has 1 atom stereocenters. The third kappa shape index (κ3) is 7.47. The summed E-state index contributed by atoms with van der Waals surface area (Å²) in [5.74, 6) is 0.258. The Morgan fingerprint density at radius 1 is 1.00 bits per heavy atom. The van der Waals surface area contributed by atoms with E-state index in [1.165, 1.54) is 6.21 Å². The summed E-state index contributed by atoms with van der Waals surface area (Å²) in [5.41, 5.74) is 4.46. The van der Waals surface area contributed by atoms with E-state index in [1.807, 2.05) is 38.1 Å². The number of carbonyl (C=O) groups is 2. The van der Waals surface area contributed by atoms with Crippen LogP contribution in [0.5, 0.6) is 11.5 Å². The molecular weight excluding hydrogens is 501 g/mol. The van der Waals surface area contributed by atoms with Gasteiger partial charge in [-0.2, -0.15) is 5.10 Å². The summed E-state index contributed by atoms with van der Waals surface area (Å²) in [4.78, 5) is 25.4. The van der Waals surface area contributed by atoms with Crippen molar-refractivity contribution in [2.24, 2.45) is 11.0 Å². The first kappa shape index (κ1) is 27.0. The third-order valence-electron chi connectivity index (χ3n) is 5.26. The second-order valence-electron chi connectivity index (χ2n) is 8.23. The number of benzene rings is 3. The minimum absolute atomic E-state index is 0.163. The molecule has 7 nitrogen and oxygen atoms in total. The average molecular weight is 528 g/mol. The fourth-order valence-electron chi connectivity index (χ4n) is 3.25. The molecule has 188 valence electrons. The van der Waals surface area contributed by atoms with Gasteiger partial charge in [-0.3, -0.25) is 9.59 Å². The fraction of sp³-hybridized carbons (Fsp3) is 0.222. The van der Waals surface area contributed by atoms with Crippen LogP contribution < -0.4 is 20.2 Å². The van der Waals surface area contributed by atoms with Gasteiger partial charge in [-0.05, 0) is 60.0 Å². The van der Waals surface area contributed by atoms with Gasteiger partial charge >= 0.3 is 0 Å². The topological polar surface area (TPSA) is 89.0 Å². The number of methoxy groups -OCH3 is 1. The minimum atomic E-state index is -0.780. The molecule has 0 aliphatic rings. The Balaban J connectivity index is 1.62. The van der Waals surface area contributed by atoms with Crippen molar-refractivity contribution in [2.45, 2.75) is 26.5 Å². The SMILES string of the molecule is COc1ccc(C(=O)NC(C(=O)N/N=C/c2ccccc2OCc2ccc(Cl)c(Cl)c2)C(C)C)cc1. The molecule has 0 aromatic heterocycles. The summed E-state index contributed by atoms with van der Waals surface area (Å²) >= 11 is 12.0. The van der Waals surface area contributed by atoms with Crippen molar-refractivity contribution in [1.29, 1.82) is 0 Å². The van der Waals surface area contributed by atoms with Crippen LogP contribution in [0.4, 0.5) is 0 Å². The zero-order valence-electron chi connectivity index (χ0n) is 20.1. The number of halogens is 2. The molecule has 2 amide bonds. The van der Waals surface area contributed by atoms with Crippen LogP contribution in [-0.4, -0.2) is 31.2 Å². The summed E-state index contributed by atoms with van der Waals surface area (Å²) < 4.78 is 11.0. The van der Waals surface area contributed by atoms with Gasteiger partial charge in [0.2, 0.25) is 0 Å². The number of rotatable bonds is 10. The first-order valence-electron chi connectivity index (χ1n) is 11.2. The minimum Gasteiger partial charge on any atom is -0.497 e. The van der Waals surface area contributed by atoms with Crippen molar-refractivity contribution in [1.82, 2.24) is 10.7 Å². The second kappa shape index (κ2) is 13.0. The van der Waals surface area contributed by atoms with E-state index >= 15 is 0 Å². The molecule has 0 heterocycles. The van der Waals surface area contributed by atoms with Gasteiger partial charge < -0.3 is 14.8 Å². The van der Waals surface area contributed by atoms with Crippen LogP contribution in [0, 0.1) is 5.92 Å². The first-order valence-corrected chi connectivity index (χ1v) is 12.0. The van der Waals surface area contributed by atoms with Crippen LogP contribution in [0.3, 0.4) is 0 Å². The Bertz CT molecular complexity index is 1230. The zero-order chi connectivity index (χ0) is 26.1. The van der Waals surface area contributed by atoms with E-state index in [4.69, 9.17) is 32.7 Å². The van der Waals surface area contributed by atoms with Gasteiger partial charge in [0.05, 0.1) is 23.4 Å². The van der Waals surface area contributed by atoms with Crippen LogP contribution >= 0.6 is 23.2 Å². The highest BCUT2D eigenvalue weighted by Gasteiger charge is 2.24. The normalized spacial score (nSPS) is 11.8. The van der Waals surface area contributed by atoms with Crippen molar-refractivity contribution < 1.29 is 19.1 Å². The van der Waals surface area contributed by atoms with E-state index in [0.717, 1.165) is 5.56 Å². The highest BCUT2D eigenvalue weighted by molar-refractivity contribution is 6.42. The van der Waals surface area contributed by atoms with E-state index in [9.17, 15) is 9.59 Å². The second-order valence-corrected chi connectivity index (χ2v) is 9.05. The van der Waals surface area contributed by atoms with E-state index in [0.29, 0.717) is 32.7 Å². The fourth-order valence-corrected chi connectivity index (χ4v) is 3.57. The number of hydrazone groups is 1. The number of hydrogen-bond donors (Lipinski definition) is 2.